The van der Waals surface area contributed by atoms with Gasteiger partial charge in [-0.25, -0.2) is 4.98 Å². The van der Waals surface area contributed by atoms with Gasteiger partial charge in [-0.3, -0.25) is 4.98 Å². The smallest absolute Gasteiger partial charge is 0.144 e. The molecule has 0 unspecified atom stereocenters. The van der Waals surface area contributed by atoms with E-state index >= 15 is 0 Å². The van der Waals surface area contributed by atoms with Gasteiger partial charge in [0.05, 0.1) is 14.7 Å². The SMILES string of the molecule is CCc1[nH]c(-c2cnc3ccsc3c2)nc(=S)c1Br. The first-order valence-electron chi connectivity index (χ1n) is 5.81. The number of aromatic nitrogens is 3. The van der Waals surface area contributed by atoms with Gasteiger partial charge in [0.2, 0.25) is 0 Å². The number of nitrogens with zero attached hydrogens (tertiary/aromatic N) is 2. The topological polar surface area (TPSA) is 41.6 Å². The zero-order valence-corrected chi connectivity index (χ0v) is 13.3. The van der Waals surface area contributed by atoms with Crippen molar-refractivity contribution in [2.24, 2.45) is 0 Å². The second kappa shape index (κ2) is 5.11. The predicted octanol–water partition coefficient (Wildman–Crippen LogP) is 4.74. The van der Waals surface area contributed by atoms with E-state index in [1.54, 1.807) is 11.3 Å². The van der Waals surface area contributed by atoms with Crippen molar-refractivity contribution in [2.45, 2.75) is 13.3 Å². The molecule has 3 aromatic heterocycles. The van der Waals surface area contributed by atoms with Crippen LogP contribution in [0.5, 0.6) is 0 Å². The van der Waals surface area contributed by atoms with E-state index in [2.05, 4.69) is 43.9 Å². The monoisotopic (exact) mass is 351 g/mol. The summed E-state index contributed by atoms with van der Waals surface area (Å²) in [5.41, 5.74) is 3.03. The number of nitrogens with one attached hydrogen (secondary N) is 1. The maximum absolute atomic E-state index is 5.28. The summed E-state index contributed by atoms with van der Waals surface area (Å²) in [6, 6.07) is 4.10. The number of hydrogen-bond acceptors (Lipinski definition) is 4. The molecule has 0 saturated heterocycles. The third-order valence-electron chi connectivity index (χ3n) is 2.87. The summed E-state index contributed by atoms with van der Waals surface area (Å²) in [6.07, 6.45) is 2.70. The van der Waals surface area contributed by atoms with Crippen LogP contribution in [0.15, 0.2) is 28.2 Å². The van der Waals surface area contributed by atoms with Crippen molar-refractivity contribution in [3.05, 3.63) is 38.5 Å². The molecule has 0 atom stereocenters. The second-order valence-electron chi connectivity index (χ2n) is 4.06. The average molecular weight is 352 g/mol. The summed E-state index contributed by atoms with van der Waals surface area (Å²) in [6.45, 7) is 2.08. The first-order chi connectivity index (χ1) is 9.19. The number of thiophene rings is 1. The predicted molar refractivity (Wildman–Crippen MR) is 85.1 cm³/mol. The van der Waals surface area contributed by atoms with Gasteiger partial charge in [-0.05, 0) is 39.9 Å². The molecule has 0 radical (unpaired) electrons. The average Bonchev–Trinajstić information content (AvgIpc) is 2.89. The number of hydrogen-bond donors (Lipinski definition) is 1. The fraction of sp³-hybridized carbons (Fsp3) is 0.154. The number of aryl methyl sites for hydroxylation is 1. The number of aromatic amines is 1. The number of fused-ring (bicyclic) bond motifs is 1. The normalized spacial score (nSPS) is 11.1. The van der Waals surface area contributed by atoms with E-state index in [0.717, 1.165) is 38.2 Å². The Hall–Kier alpha value is -1.11. The van der Waals surface area contributed by atoms with Gasteiger partial charge in [0.1, 0.15) is 10.5 Å². The fourth-order valence-electron chi connectivity index (χ4n) is 1.86. The van der Waals surface area contributed by atoms with Crippen LogP contribution in [0.4, 0.5) is 0 Å². The summed E-state index contributed by atoms with van der Waals surface area (Å²) in [5, 5.41) is 2.04. The number of pyridine rings is 1. The minimum Gasteiger partial charge on any atom is -0.342 e. The van der Waals surface area contributed by atoms with Crippen LogP contribution in [0.1, 0.15) is 12.6 Å². The molecule has 3 aromatic rings. The van der Waals surface area contributed by atoms with Crippen LogP contribution >= 0.6 is 39.5 Å². The van der Waals surface area contributed by atoms with Crippen molar-refractivity contribution in [2.75, 3.05) is 0 Å². The van der Waals surface area contributed by atoms with Gasteiger partial charge in [-0.1, -0.05) is 19.1 Å². The lowest BCUT2D eigenvalue weighted by atomic mass is 10.2. The number of rotatable bonds is 2. The van der Waals surface area contributed by atoms with Gasteiger partial charge in [-0.15, -0.1) is 11.3 Å². The molecular weight excluding hydrogens is 342 g/mol. The van der Waals surface area contributed by atoms with Crippen LogP contribution in [0.25, 0.3) is 21.6 Å². The quantitative estimate of drug-likeness (QED) is 0.678. The lowest BCUT2D eigenvalue weighted by Crippen LogP contribution is -1.97. The molecule has 3 nitrogen and oxygen atoms in total. The van der Waals surface area contributed by atoms with E-state index in [0.29, 0.717) is 4.64 Å². The Kier molecular flexibility index (Phi) is 3.47. The molecule has 3 heterocycles. The van der Waals surface area contributed by atoms with E-state index in [1.165, 1.54) is 0 Å². The molecule has 0 aliphatic carbocycles. The summed E-state index contributed by atoms with van der Waals surface area (Å²) in [7, 11) is 0. The van der Waals surface area contributed by atoms with E-state index in [9.17, 15) is 0 Å². The summed E-state index contributed by atoms with van der Waals surface area (Å²) in [4.78, 5) is 12.2. The van der Waals surface area contributed by atoms with Gasteiger partial charge < -0.3 is 4.98 Å². The lowest BCUT2D eigenvalue weighted by molar-refractivity contribution is 0.983. The Labute approximate surface area is 127 Å². The maximum atomic E-state index is 5.28. The molecular formula is C13H10BrN3S2. The van der Waals surface area contributed by atoms with Crippen molar-refractivity contribution >= 4 is 49.7 Å². The summed E-state index contributed by atoms with van der Waals surface area (Å²) < 4.78 is 2.61. The Morgan fingerprint density at radius 3 is 3.11 bits per heavy atom. The number of H-pyrrole nitrogens is 1. The van der Waals surface area contributed by atoms with Crippen molar-refractivity contribution in [3.63, 3.8) is 0 Å². The van der Waals surface area contributed by atoms with Crippen LogP contribution < -0.4 is 0 Å². The van der Waals surface area contributed by atoms with Crippen molar-refractivity contribution in [1.82, 2.24) is 15.0 Å². The highest BCUT2D eigenvalue weighted by Gasteiger charge is 2.08. The molecule has 19 heavy (non-hydrogen) atoms. The molecule has 0 aliphatic rings. The van der Waals surface area contributed by atoms with Crippen LogP contribution in [-0.4, -0.2) is 15.0 Å². The Balaban J connectivity index is 2.20. The van der Waals surface area contributed by atoms with Crippen molar-refractivity contribution in [1.29, 1.82) is 0 Å². The number of halogens is 1. The molecule has 0 aliphatic heterocycles. The van der Waals surface area contributed by atoms with Gasteiger partial charge in [-0.2, -0.15) is 0 Å². The molecule has 0 aromatic carbocycles. The van der Waals surface area contributed by atoms with Crippen LogP contribution in [0.3, 0.4) is 0 Å². The zero-order valence-electron chi connectivity index (χ0n) is 10.1. The third kappa shape index (κ3) is 2.35. The lowest BCUT2D eigenvalue weighted by Gasteiger charge is -2.06. The van der Waals surface area contributed by atoms with E-state index in [1.807, 2.05) is 17.6 Å². The Morgan fingerprint density at radius 1 is 1.47 bits per heavy atom. The van der Waals surface area contributed by atoms with Gasteiger partial charge in [0, 0.05) is 17.5 Å². The second-order valence-corrected chi connectivity index (χ2v) is 6.19. The highest BCUT2D eigenvalue weighted by Crippen LogP contribution is 2.25. The molecule has 96 valence electrons. The van der Waals surface area contributed by atoms with E-state index in [-0.39, 0.29) is 0 Å². The largest absolute Gasteiger partial charge is 0.342 e. The molecule has 0 bridgehead atoms. The molecule has 1 N–H and O–H groups in total. The van der Waals surface area contributed by atoms with E-state index in [4.69, 9.17) is 12.2 Å². The van der Waals surface area contributed by atoms with Crippen molar-refractivity contribution in [3.8, 4) is 11.4 Å². The van der Waals surface area contributed by atoms with Gasteiger partial charge in [0.15, 0.2) is 0 Å². The van der Waals surface area contributed by atoms with Crippen LogP contribution in [-0.2, 0) is 6.42 Å². The molecule has 0 saturated carbocycles. The molecule has 3 rings (SSSR count). The van der Waals surface area contributed by atoms with Crippen molar-refractivity contribution < 1.29 is 0 Å². The van der Waals surface area contributed by atoms with E-state index < -0.39 is 0 Å². The molecule has 6 heteroatoms. The fourth-order valence-corrected chi connectivity index (χ4v) is 3.32. The summed E-state index contributed by atoms with van der Waals surface area (Å²) >= 11 is 10.4. The Morgan fingerprint density at radius 2 is 2.32 bits per heavy atom. The standard InChI is InChI=1S/C13H10BrN3S2/c1-2-8-11(14)13(18)17-12(16-8)7-5-10-9(15-6-7)3-4-19-10/h3-6H,2H2,1H3,(H,16,17,18). The zero-order chi connectivity index (χ0) is 13.4. The minimum absolute atomic E-state index is 0.580. The maximum Gasteiger partial charge on any atom is 0.144 e. The highest BCUT2D eigenvalue weighted by atomic mass is 79.9. The Bertz CT molecular complexity index is 807. The molecule has 0 fully saturated rings. The summed E-state index contributed by atoms with van der Waals surface area (Å²) in [5.74, 6) is 0.771. The van der Waals surface area contributed by atoms with Gasteiger partial charge >= 0.3 is 0 Å². The first-order valence-corrected chi connectivity index (χ1v) is 7.89. The third-order valence-corrected chi connectivity index (χ3v) is 5.13. The first kappa shape index (κ1) is 12.9. The highest BCUT2D eigenvalue weighted by molar-refractivity contribution is 9.10. The molecule has 0 spiro atoms. The minimum atomic E-state index is 0.580. The van der Waals surface area contributed by atoms with Crippen LogP contribution in [0, 0.1) is 4.64 Å². The van der Waals surface area contributed by atoms with Crippen LogP contribution in [0.2, 0.25) is 0 Å². The molecule has 0 amide bonds. The van der Waals surface area contributed by atoms with Gasteiger partial charge in [0.25, 0.3) is 0 Å².